The summed E-state index contributed by atoms with van der Waals surface area (Å²) in [5.74, 6) is 0.604. The van der Waals surface area contributed by atoms with Crippen LogP contribution in [0.2, 0.25) is 0 Å². The minimum Gasteiger partial charge on any atom is -0.495 e. The highest BCUT2D eigenvalue weighted by atomic mass is 19.1. The third kappa shape index (κ3) is 4.27. The highest BCUT2D eigenvalue weighted by molar-refractivity contribution is 6.03. The Bertz CT molecular complexity index is 1230. The molecular formula is C26H26F2N4O. The summed E-state index contributed by atoms with van der Waals surface area (Å²) in [6, 6.07) is 9.82. The number of aliphatic imine (C=N–C) groups is 1. The van der Waals surface area contributed by atoms with Crippen LogP contribution in [-0.2, 0) is 0 Å². The van der Waals surface area contributed by atoms with Gasteiger partial charge >= 0.3 is 0 Å². The van der Waals surface area contributed by atoms with Crippen LogP contribution in [0.5, 0.6) is 5.75 Å². The first-order valence-corrected chi connectivity index (χ1v) is 11.2. The maximum Gasteiger partial charge on any atom is 0.143 e. The lowest BCUT2D eigenvalue weighted by Gasteiger charge is -2.41. The predicted octanol–water partition coefficient (Wildman–Crippen LogP) is 5.49. The molecule has 2 aliphatic rings. The monoisotopic (exact) mass is 448 g/mol. The quantitative estimate of drug-likeness (QED) is 0.530. The number of benzene rings is 2. The van der Waals surface area contributed by atoms with Crippen molar-refractivity contribution in [3.8, 4) is 11.4 Å². The number of hydrogen-bond acceptors (Lipinski definition) is 4. The second kappa shape index (κ2) is 8.81. The molecule has 0 N–H and O–H groups in total. The zero-order valence-corrected chi connectivity index (χ0v) is 18.8. The van der Waals surface area contributed by atoms with Gasteiger partial charge in [0.05, 0.1) is 30.9 Å². The molecule has 2 aliphatic heterocycles. The first-order chi connectivity index (χ1) is 16.0. The number of nitrogens with zero attached hydrogens (tertiary/aromatic N) is 4. The molecule has 0 aliphatic carbocycles. The minimum atomic E-state index is -0.540. The van der Waals surface area contributed by atoms with E-state index in [9.17, 15) is 8.78 Å². The van der Waals surface area contributed by atoms with E-state index in [1.807, 2.05) is 29.8 Å². The molecule has 33 heavy (non-hydrogen) atoms. The molecule has 3 aromatic rings. The van der Waals surface area contributed by atoms with E-state index in [0.717, 1.165) is 66.0 Å². The highest BCUT2D eigenvalue weighted by Crippen LogP contribution is 2.35. The van der Waals surface area contributed by atoms with E-state index in [4.69, 9.17) is 9.73 Å². The minimum absolute atomic E-state index is 0.0761. The summed E-state index contributed by atoms with van der Waals surface area (Å²) < 4.78 is 35.4. The van der Waals surface area contributed by atoms with E-state index in [-0.39, 0.29) is 6.04 Å². The number of fused-ring (bicyclic) bond motifs is 1. The van der Waals surface area contributed by atoms with Gasteiger partial charge in [0.15, 0.2) is 0 Å². The van der Waals surface area contributed by atoms with Gasteiger partial charge in [-0.25, -0.2) is 13.8 Å². The van der Waals surface area contributed by atoms with Gasteiger partial charge in [-0.05, 0) is 73.2 Å². The number of imidazole rings is 1. The summed E-state index contributed by atoms with van der Waals surface area (Å²) in [5.41, 5.74) is 4.69. The van der Waals surface area contributed by atoms with Gasteiger partial charge in [-0.2, -0.15) is 0 Å². The van der Waals surface area contributed by atoms with Gasteiger partial charge in [0.25, 0.3) is 0 Å². The lowest BCUT2D eigenvalue weighted by molar-refractivity contribution is 0.272. The number of aryl methyl sites for hydroxylation is 1. The number of aromatic nitrogens is 2. The predicted molar refractivity (Wildman–Crippen MR) is 125 cm³/mol. The van der Waals surface area contributed by atoms with Gasteiger partial charge in [-0.3, -0.25) is 4.99 Å². The lowest BCUT2D eigenvalue weighted by Crippen LogP contribution is -2.43. The molecule has 1 atom stereocenters. The van der Waals surface area contributed by atoms with Gasteiger partial charge in [-0.1, -0.05) is 6.07 Å². The SMILES string of the molecule is COc1cc(/C=C2\CCCN3C2=NCCC3c2cc(F)cc(F)c2)ccc1-n1cnc(C)c1. The van der Waals surface area contributed by atoms with E-state index in [2.05, 4.69) is 22.0 Å². The average Bonchev–Trinajstić information content (AvgIpc) is 3.24. The summed E-state index contributed by atoms with van der Waals surface area (Å²) in [7, 11) is 1.66. The number of rotatable bonds is 4. The Labute approximate surface area is 192 Å². The molecular weight excluding hydrogens is 422 g/mol. The summed E-state index contributed by atoms with van der Waals surface area (Å²) in [6.45, 7) is 3.41. The summed E-state index contributed by atoms with van der Waals surface area (Å²) in [5, 5.41) is 0. The largest absolute Gasteiger partial charge is 0.495 e. The Hall–Kier alpha value is -3.48. The molecule has 0 radical (unpaired) electrons. The Morgan fingerprint density at radius 1 is 1.12 bits per heavy atom. The van der Waals surface area contributed by atoms with Crippen molar-refractivity contribution in [1.82, 2.24) is 14.5 Å². The van der Waals surface area contributed by atoms with Gasteiger partial charge in [0.1, 0.15) is 23.2 Å². The molecule has 0 bridgehead atoms. The highest BCUT2D eigenvalue weighted by Gasteiger charge is 2.31. The van der Waals surface area contributed by atoms with E-state index in [1.54, 1.807) is 13.4 Å². The van der Waals surface area contributed by atoms with Crippen LogP contribution in [-0.4, -0.2) is 40.5 Å². The average molecular weight is 449 g/mol. The van der Waals surface area contributed by atoms with Crippen molar-refractivity contribution in [2.24, 2.45) is 4.99 Å². The fourth-order valence-electron chi connectivity index (χ4n) is 4.79. The second-order valence-corrected chi connectivity index (χ2v) is 8.53. The molecule has 1 aromatic heterocycles. The molecule has 3 heterocycles. The zero-order chi connectivity index (χ0) is 22.9. The number of halogens is 2. The van der Waals surface area contributed by atoms with E-state index < -0.39 is 11.6 Å². The maximum absolute atomic E-state index is 13.9. The fraction of sp³-hybridized carbons (Fsp3) is 0.308. The second-order valence-electron chi connectivity index (χ2n) is 8.53. The number of hydrogen-bond donors (Lipinski definition) is 0. The van der Waals surface area contributed by atoms with Crippen molar-refractivity contribution in [2.75, 3.05) is 20.2 Å². The van der Waals surface area contributed by atoms with Crippen LogP contribution in [0, 0.1) is 18.6 Å². The first-order valence-electron chi connectivity index (χ1n) is 11.2. The van der Waals surface area contributed by atoms with Crippen molar-refractivity contribution in [3.63, 3.8) is 0 Å². The maximum atomic E-state index is 13.9. The normalized spacial score (nSPS) is 19.4. The van der Waals surface area contributed by atoms with Crippen LogP contribution in [0.1, 0.15) is 42.1 Å². The molecule has 5 nitrogen and oxygen atoms in total. The van der Waals surface area contributed by atoms with Crippen LogP contribution in [0.4, 0.5) is 8.78 Å². The van der Waals surface area contributed by atoms with Gasteiger partial charge in [-0.15, -0.1) is 0 Å². The van der Waals surface area contributed by atoms with Crippen LogP contribution in [0.3, 0.4) is 0 Å². The van der Waals surface area contributed by atoms with Crippen molar-refractivity contribution in [2.45, 2.75) is 32.2 Å². The lowest BCUT2D eigenvalue weighted by atomic mass is 9.93. The van der Waals surface area contributed by atoms with Crippen molar-refractivity contribution >= 4 is 11.9 Å². The molecule has 0 saturated carbocycles. The molecule has 170 valence electrons. The van der Waals surface area contributed by atoms with Gasteiger partial charge < -0.3 is 14.2 Å². The van der Waals surface area contributed by atoms with Crippen molar-refractivity contribution in [3.05, 3.63) is 83.0 Å². The molecule has 7 heteroatoms. The molecule has 1 unspecified atom stereocenters. The van der Waals surface area contributed by atoms with Crippen LogP contribution in [0.25, 0.3) is 11.8 Å². The smallest absolute Gasteiger partial charge is 0.143 e. The van der Waals surface area contributed by atoms with Crippen molar-refractivity contribution < 1.29 is 13.5 Å². The summed E-state index contributed by atoms with van der Waals surface area (Å²) in [4.78, 5) is 11.3. The fourth-order valence-corrected chi connectivity index (χ4v) is 4.79. The van der Waals surface area contributed by atoms with Crippen LogP contribution < -0.4 is 4.74 Å². The summed E-state index contributed by atoms with van der Waals surface area (Å²) in [6.07, 6.45) is 8.49. The van der Waals surface area contributed by atoms with E-state index >= 15 is 0 Å². The van der Waals surface area contributed by atoms with E-state index in [1.165, 1.54) is 12.1 Å². The Balaban J connectivity index is 1.46. The third-order valence-electron chi connectivity index (χ3n) is 6.25. The van der Waals surface area contributed by atoms with Crippen molar-refractivity contribution in [1.29, 1.82) is 0 Å². The van der Waals surface area contributed by atoms with Gasteiger partial charge in [0, 0.05) is 25.4 Å². The standard InChI is InChI=1S/C26H26F2N4O/c1-17-15-31(16-30-17)24-6-5-18(11-25(24)33-2)10-19-4-3-9-32-23(7-8-29-26(19)32)20-12-21(27)14-22(28)13-20/h5-6,10-16,23H,3-4,7-9H2,1-2H3/b19-10+. The van der Waals surface area contributed by atoms with Crippen LogP contribution >= 0.6 is 0 Å². The number of piperidine rings is 1. The van der Waals surface area contributed by atoms with Gasteiger partial charge in [0.2, 0.25) is 0 Å². The Kier molecular flexibility index (Phi) is 5.70. The summed E-state index contributed by atoms with van der Waals surface area (Å²) >= 11 is 0. The first kappa shape index (κ1) is 21.4. The molecule has 0 spiro atoms. The van der Waals surface area contributed by atoms with Crippen LogP contribution in [0.15, 0.2) is 59.5 Å². The number of amidine groups is 1. The number of methoxy groups -OCH3 is 1. The Morgan fingerprint density at radius 3 is 2.67 bits per heavy atom. The number of ether oxygens (including phenoxy) is 1. The zero-order valence-electron chi connectivity index (χ0n) is 18.8. The molecule has 1 saturated heterocycles. The molecule has 0 amide bonds. The third-order valence-corrected chi connectivity index (χ3v) is 6.25. The van der Waals surface area contributed by atoms with E-state index in [0.29, 0.717) is 12.1 Å². The molecule has 2 aromatic carbocycles. The molecule has 1 fully saturated rings. The molecule has 5 rings (SSSR count). The topological polar surface area (TPSA) is 42.6 Å². The Morgan fingerprint density at radius 2 is 1.94 bits per heavy atom.